The van der Waals surface area contributed by atoms with Crippen LogP contribution < -0.4 is 5.32 Å². The Bertz CT molecular complexity index is 677. The summed E-state index contributed by atoms with van der Waals surface area (Å²) < 4.78 is 5.31. The van der Waals surface area contributed by atoms with Crippen molar-refractivity contribution in [2.24, 2.45) is 0 Å². The normalized spacial score (nSPS) is 13.8. The van der Waals surface area contributed by atoms with E-state index in [4.69, 9.17) is 4.74 Å². The molecule has 2 aromatic rings. The Kier molecular flexibility index (Phi) is 6.04. The molecule has 2 atom stereocenters. The van der Waals surface area contributed by atoms with E-state index < -0.39 is 17.7 Å². The maximum Gasteiger partial charge on any atom is 0.407 e. The molecule has 0 bridgehead atoms. The zero-order chi connectivity index (χ0) is 18.4. The first-order valence-electron chi connectivity index (χ1n) is 8.24. The Labute approximate surface area is 148 Å². The minimum Gasteiger partial charge on any atom is -0.508 e. The highest BCUT2D eigenvalue weighted by Gasteiger charge is 2.28. The van der Waals surface area contributed by atoms with Crippen LogP contribution in [0.2, 0.25) is 0 Å². The van der Waals surface area contributed by atoms with Gasteiger partial charge in [-0.3, -0.25) is 0 Å². The second-order valence-electron chi connectivity index (χ2n) is 6.92. The van der Waals surface area contributed by atoms with Crippen LogP contribution in [-0.4, -0.2) is 34.6 Å². The van der Waals surface area contributed by atoms with Crippen LogP contribution in [0.5, 0.6) is 5.75 Å². The van der Waals surface area contributed by atoms with Gasteiger partial charge in [0.2, 0.25) is 0 Å². The predicted octanol–water partition coefficient (Wildman–Crippen LogP) is 3.41. The fourth-order valence-corrected chi connectivity index (χ4v) is 2.69. The van der Waals surface area contributed by atoms with E-state index in [2.05, 4.69) is 5.32 Å². The largest absolute Gasteiger partial charge is 0.508 e. The standard InChI is InChI=1S/C20H25NO4/c1-20(2,3)25-19(24)21-17(13-22)18(14-7-5-4-6-8-14)15-9-11-16(23)12-10-15/h4-12,17-18,22-23H,13H2,1-3H3,(H,21,24)/t17-,18-/m1/s1. The molecule has 0 aromatic heterocycles. The first-order valence-corrected chi connectivity index (χ1v) is 8.24. The molecule has 0 spiro atoms. The number of hydrogen-bond acceptors (Lipinski definition) is 4. The van der Waals surface area contributed by atoms with Gasteiger partial charge in [-0.1, -0.05) is 42.5 Å². The number of phenols is 1. The number of aliphatic hydroxyl groups excluding tert-OH is 1. The highest BCUT2D eigenvalue weighted by Crippen LogP contribution is 2.29. The molecule has 2 aromatic carbocycles. The van der Waals surface area contributed by atoms with E-state index in [9.17, 15) is 15.0 Å². The van der Waals surface area contributed by atoms with Gasteiger partial charge in [0.15, 0.2) is 0 Å². The van der Waals surface area contributed by atoms with Crippen LogP contribution in [0.1, 0.15) is 37.8 Å². The molecule has 25 heavy (non-hydrogen) atoms. The Morgan fingerprint density at radius 2 is 1.60 bits per heavy atom. The molecule has 0 unspecified atom stereocenters. The lowest BCUT2D eigenvalue weighted by Crippen LogP contribution is -2.44. The van der Waals surface area contributed by atoms with Crippen LogP contribution in [0, 0.1) is 0 Å². The molecule has 1 amide bonds. The van der Waals surface area contributed by atoms with E-state index in [-0.39, 0.29) is 18.3 Å². The van der Waals surface area contributed by atoms with Crippen molar-refractivity contribution in [2.45, 2.75) is 38.3 Å². The van der Waals surface area contributed by atoms with Crippen LogP contribution >= 0.6 is 0 Å². The van der Waals surface area contributed by atoms with Gasteiger partial charge in [-0.2, -0.15) is 0 Å². The average Bonchev–Trinajstić information content (AvgIpc) is 2.55. The zero-order valence-corrected chi connectivity index (χ0v) is 14.8. The van der Waals surface area contributed by atoms with E-state index in [0.29, 0.717) is 0 Å². The van der Waals surface area contributed by atoms with Crippen LogP contribution in [0.15, 0.2) is 54.6 Å². The number of rotatable bonds is 5. The van der Waals surface area contributed by atoms with E-state index >= 15 is 0 Å². The van der Waals surface area contributed by atoms with Crippen molar-refractivity contribution in [1.82, 2.24) is 5.32 Å². The number of hydrogen-bond donors (Lipinski definition) is 3. The summed E-state index contributed by atoms with van der Waals surface area (Å²) in [5.74, 6) is -0.115. The molecule has 0 aliphatic heterocycles. The summed E-state index contributed by atoms with van der Waals surface area (Å²) in [6.07, 6.45) is -0.578. The van der Waals surface area contributed by atoms with Gasteiger partial charge in [0.1, 0.15) is 11.4 Å². The van der Waals surface area contributed by atoms with Gasteiger partial charge in [0.05, 0.1) is 12.6 Å². The van der Waals surface area contributed by atoms with Crippen LogP contribution in [0.25, 0.3) is 0 Å². The van der Waals surface area contributed by atoms with Crippen molar-refractivity contribution in [1.29, 1.82) is 0 Å². The molecule has 0 heterocycles. The molecule has 3 N–H and O–H groups in total. The Morgan fingerprint density at radius 1 is 1.04 bits per heavy atom. The third kappa shape index (κ3) is 5.50. The molecule has 0 aliphatic rings. The van der Waals surface area contributed by atoms with E-state index in [1.54, 1.807) is 45.0 Å². The number of nitrogens with one attached hydrogen (secondary N) is 1. The van der Waals surface area contributed by atoms with E-state index in [1.807, 2.05) is 30.3 Å². The van der Waals surface area contributed by atoms with Crippen molar-refractivity contribution in [3.63, 3.8) is 0 Å². The van der Waals surface area contributed by atoms with Crippen molar-refractivity contribution in [2.75, 3.05) is 6.61 Å². The van der Waals surface area contributed by atoms with Crippen LogP contribution in [0.4, 0.5) is 4.79 Å². The second kappa shape index (κ2) is 8.03. The molecule has 0 aliphatic carbocycles. The number of benzene rings is 2. The summed E-state index contributed by atoms with van der Waals surface area (Å²) in [5.41, 5.74) is 1.20. The van der Waals surface area contributed by atoms with Crippen molar-refractivity contribution >= 4 is 6.09 Å². The predicted molar refractivity (Wildman–Crippen MR) is 96.6 cm³/mol. The lowest BCUT2D eigenvalue weighted by molar-refractivity contribution is 0.0476. The second-order valence-corrected chi connectivity index (χ2v) is 6.92. The first kappa shape index (κ1) is 18.8. The number of alkyl carbamates (subject to hydrolysis) is 1. The SMILES string of the molecule is CC(C)(C)OC(=O)N[C@H](CO)[C@H](c1ccccc1)c1ccc(O)cc1. The van der Waals surface area contributed by atoms with Crippen molar-refractivity contribution < 1.29 is 19.7 Å². The number of aromatic hydroxyl groups is 1. The quantitative estimate of drug-likeness (QED) is 0.777. The summed E-state index contributed by atoms with van der Waals surface area (Å²) >= 11 is 0. The van der Waals surface area contributed by atoms with Gasteiger partial charge >= 0.3 is 6.09 Å². The highest BCUT2D eigenvalue weighted by molar-refractivity contribution is 5.68. The minimum atomic E-state index is -0.620. The number of phenolic OH excluding ortho intramolecular Hbond substituents is 1. The molecular weight excluding hydrogens is 318 g/mol. The molecule has 0 fully saturated rings. The summed E-state index contributed by atoms with van der Waals surface area (Å²) in [6.45, 7) is 5.11. The zero-order valence-electron chi connectivity index (χ0n) is 14.8. The molecule has 0 radical (unpaired) electrons. The lowest BCUT2D eigenvalue weighted by Gasteiger charge is -2.29. The fourth-order valence-electron chi connectivity index (χ4n) is 2.69. The number of carbonyl (C=O) groups is 1. The number of ether oxygens (including phenoxy) is 1. The number of amides is 1. The Balaban J connectivity index is 2.32. The average molecular weight is 343 g/mol. The summed E-state index contributed by atoms with van der Waals surface area (Å²) in [5, 5.41) is 22.2. The van der Waals surface area contributed by atoms with Gasteiger partial charge in [0.25, 0.3) is 0 Å². The fraction of sp³-hybridized carbons (Fsp3) is 0.350. The van der Waals surface area contributed by atoms with Gasteiger partial charge in [-0.25, -0.2) is 4.79 Å². The summed E-state index contributed by atoms with van der Waals surface area (Å²) in [7, 11) is 0. The van der Waals surface area contributed by atoms with Gasteiger partial charge in [-0.05, 0) is 44.0 Å². The van der Waals surface area contributed by atoms with Gasteiger partial charge in [0, 0.05) is 5.92 Å². The molecule has 5 nitrogen and oxygen atoms in total. The first-order chi connectivity index (χ1) is 11.8. The smallest absolute Gasteiger partial charge is 0.407 e. The minimum absolute atomic E-state index is 0.163. The molecule has 134 valence electrons. The Hall–Kier alpha value is -2.53. The van der Waals surface area contributed by atoms with Crippen LogP contribution in [0.3, 0.4) is 0 Å². The van der Waals surface area contributed by atoms with E-state index in [0.717, 1.165) is 11.1 Å². The third-order valence-electron chi connectivity index (χ3n) is 3.71. The monoisotopic (exact) mass is 343 g/mol. The van der Waals surface area contributed by atoms with E-state index in [1.165, 1.54) is 0 Å². The maximum absolute atomic E-state index is 12.2. The maximum atomic E-state index is 12.2. The molecular formula is C20H25NO4. The van der Waals surface area contributed by atoms with Crippen LogP contribution in [-0.2, 0) is 4.74 Å². The summed E-state index contributed by atoms with van der Waals surface area (Å²) in [4.78, 5) is 12.2. The van der Waals surface area contributed by atoms with Gasteiger partial charge < -0.3 is 20.3 Å². The number of aliphatic hydroxyl groups is 1. The molecule has 5 heteroatoms. The third-order valence-corrected chi connectivity index (χ3v) is 3.71. The summed E-state index contributed by atoms with van der Waals surface area (Å²) in [6, 6.07) is 15.8. The number of carbonyl (C=O) groups excluding carboxylic acids is 1. The molecule has 0 saturated heterocycles. The van der Waals surface area contributed by atoms with Gasteiger partial charge in [-0.15, -0.1) is 0 Å². The van der Waals surface area contributed by atoms with Crippen molar-refractivity contribution in [3.05, 3.63) is 65.7 Å². The molecule has 0 saturated carbocycles. The topological polar surface area (TPSA) is 78.8 Å². The molecule has 2 rings (SSSR count). The highest BCUT2D eigenvalue weighted by atomic mass is 16.6. The Morgan fingerprint density at radius 3 is 2.12 bits per heavy atom. The van der Waals surface area contributed by atoms with Crippen molar-refractivity contribution in [3.8, 4) is 5.75 Å². The lowest BCUT2D eigenvalue weighted by atomic mass is 9.85.